The summed E-state index contributed by atoms with van der Waals surface area (Å²) < 4.78 is 10.7. The minimum atomic E-state index is -0.464. The Morgan fingerprint density at radius 1 is 1.39 bits per heavy atom. The van der Waals surface area contributed by atoms with Crippen LogP contribution in [-0.2, 0) is 9.47 Å². The van der Waals surface area contributed by atoms with Gasteiger partial charge in [0.1, 0.15) is 0 Å². The van der Waals surface area contributed by atoms with Crippen molar-refractivity contribution in [2.45, 2.75) is 63.9 Å². The molecule has 1 fully saturated rings. The lowest BCUT2D eigenvalue weighted by Gasteiger charge is -2.38. The predicted octanol–water partition coefficient (Wildman–Crippen LogP) is 1.66. The molecule has 0 saturated carbocycles. The molecule has 0 aliphatic carbocycles. The third-order valence-electron chi connectivity index (χ3n) is 4.32. The van der Waals surface area contributed by atoms with Gasteiger partial charge in [-0.05, 0) is 40.0 Å². The quantitative estimate of drug-likeness (QED) is 0.788. The van der Waals surface area contributed by atoms with Crippen LogP contribution in [0.5, 0.6) is 0 Å². The lowest BCUT2D eigenvalue weighted by atomic mass is 9.96. The van der Waals surface area contributed by atoms with Crippen LogP contribution in [0.4, 0.5) is 0 Å². The summed E-state index contributed by atoms with van der Waals surface area (Å²) in [7, 11) is 3.44. The Bertz CT molecular complexity index is 245. The van der Waals surface area contributed by atoms with Crippen molar-refractivity contribution in [2.75, 3.05) is 27.3 Å². The van der Waals surface area contributed by atoms with Gasteiger partial charge in [0, 0.05) is 33.4 Å². The fourth-order valence-electron chi connectivity index (χ4n) is 2.50. The van der Waals surface area contributed by atoms with Crippen molar-refractivity contribution < 1.29 is 14.6 Å². The van der Waals surface area contributed by atoms with Gasteiger partial charge in [0.2, 0.25) is 0 Å². The second-order valence-electron chi connectivity index (χ2n) is 5.88. The van der Waals surface area contributed by atoms with Gasteiger partial charge in [0.25, 0.3) is 0 Å². The molecule has 1 N–H and O–H groups in total. The van der Waals surface area contributed by atoms with Gasteiger partial charge in [-0.25, -0.2) is 0 Å². The zero-order chi connectivity index (χ0) is 13.8. The van der Waals surface area contributed by atoms with Gasteiger partial charge in [0.15, 0.2) is 0 Å². The summed E-state index contributed by atoms with van der Waals surface area (Å²) in [6, 6.07) is 0.529. The highest BCUT2D eigenvalue weighted by molar-refractivity contribution is 4.83. The molecule has 1 aliphatic rings. The Hall–Kier alpha value is -0.160. The number of nitrogens with zero attached hydrogens (tertiary/aromatic N) is 1. The van der Waals surface area contributed by atoms with Crippen molar-refractivity contribution in [3.63, 3.8) is 0 Å². The summed E-state index contributed by atoms with van der Waals surface area (Å²) in [4.78, 5) is 2.44. The Morgan fingerprint density at radius 2 is 2.06 bits per heavy atom. The first-order valence-corrected chi connectivity index (χ1v) is 6.90. The van der Waals surface area contributed by atoms with Crippen molar-refractivity contribution in [1.29, 1.82) is 0 Å². The number of aliphatic hydroxyl groups is 1. The van der Waals surface area contributed by atoms with Crippen LogP contribution < -0.4 is 0 Å². The fourth-order valence-corrected chi connectivity index (χ4v) is 2.50. The van der Waals surface area contributed by atoms with Crippen LogP contribution in [0.3, 0.4) is 0 Å². The van der Waals surface area contributed by atoms with E-state index in [9.17, 15) is 5.11 Å². The third kappa shape index (κ3) is 4.19. The highest BCUT2D eigenvalue weighted by Crippen LogP contribution is 2.22. The van der Waals surface area contributed by atoms with E-state index in [1.54, 1.807) is 14.2 Å². The first kappa shape index (κ1) is 15.9. The maximum Gasteiger partial charge on any atom is 0.0880 e. The largest absolute Gasteiger partial charge is 0.390 e. The van der Waals surface area contributed by atoms with E-state index >= 15 is 0 Å². The van der Waals surface area contributed by atoms with Crippen molar-refractivity contribution in [1.82, 2.24) is 4.90 Å². The fraction of sp³-hybridized carbons (Fsp3) is 1.00. The molecule has 0 aromatic rings. The smallest absolute Gasteiger partial charge is 0.0880 e. The molecule has 4 heteroatoms. The Kier molecular flexibility index (Phi) is 6.05. The van der Waals surface area contributed by atoms with E-state index in [4.69, 9.17) is 9.47 Å². The van der Waals surface area contributed by atoms with Crippen molar-refractivity contribution in [3.8, 4) is 0 Å². The molecular formula is C14H29NO3. The van der Waals surface area contributed by atoms with Crippen LogP contribution in [0, 0.1) is 0 Å². The van der Waals surface area contributed by atoms with Gasteiger partial charge in [0.05, 0.1) is 17.8 Å². The second-order valence-corrected chi connectivity index (χ2v) is 5.88. The second kappa shape index (κ2) is 6.85. The monoisotopic (exact) mass is 259 g/mol. The van der Waals surface area contributed by atoms with E-state index in [1.807, 2.05) is 13.8 Å². The first-order valence-electron chi connectivity index (χ1n) is 6.90. The number of ether oxygens (including phenoxy) is 2. The van der Waals surface area contributed by atoms with E-state index in [1.165, 1.54) is 0 Å². The molecule has 3 atom stereocenters. The van der Waals surface area contributed by atoms with E-state index in [0.717, 1.165) is 32.4 Å². The van der Waals surface area contributed by atoms with Crippen molar-refractivity contribution in [2.24, 2.45) is 0 Å². The van der Waals surface area contributed by atoms with Crippen molar-refractivity contribution >= 4 is 0 Å². The highest BCUT2D eigenvalue weighted by Gasteiger charge is 2.30. The summed E-state index contributed by atoms with van der Waals surface area (Å²) in [5.41, 5.74) is -0.464. The number of rotatable bonds is 6. The third-order valence-corrected chi connectivity index (χ3v) is 4.32. The average Bonchev–Trinajstić information content (AvgIpc) is 2.36. The summed E-state index contributed by atoms with van der Waals surface area (Å²) in [6.07, 6.45) is 2.90. The molecule has 108 valence electrons. The molecule has 1 rings (SSSR count). The zero-order valence-corrected chi connectivity index (χ0v) is 12.5. The van der Waals surface area contributed by atoms with Crippen LogP contribution in [0.1, 0.15) is 40.0 Å². The molecule has 1 heterocycles. The number of hydrogen-bond acceptors (Lipinski definition) is 4. The molecule has 1 saturated heterocycles. The molecule has 3 unspecified atom stereocenters. The lowest BCUT2D eigenvalue weighted by molar-refractivity contribution is -0.0850. The summed E-state index contributed by atoms with van der Waals surface area (Å²) in [5, 5.41) is 10.1. The van der Waals surface area contributed by atoms with Gasteiger partial charge >= 0.3 is 0 Å². The number of likely N-dealkylation sites (tertiary alicyclic amines) is 1. The molecule has 1 aliphatic heterocycles. The average molecular weight is 259 g/mol. The van der Waals surface area contributed by atoms with Crippen molar-refractivity contribution in [3.05, 3.63) is 0 Å². The molecule has 0 aromatic carbocycles. The zero-order valence-electron chi connectivity index (χ0n) is 12.5. The number of aliphatic hydroxyl groups excluding tert-OH is 1. The molecule has 0 bridgehead atoms. The molecular weight excluding hydrogens is 230 g/mol. The first-order chi connectivity index (χ1) is 8.40. The van der Waals surface area contributed by atoms with E-state index in [-0.39, 0.29) is 0 Å². The Balaban J connectivity index is 2.36. The molecule has 0 spiro atoms. The van der Waals surface area contributed by atoms with Gasteiger partial charge in [-0.3, -0.25) is 0 Å². The predicted molar refractivity (Wildman–Crippen MR) is 72.8 cm³/mol. The molecule has 18 heavy (non-hydrogen) atoms. The Morgan fingerprint density at radius 3 is 2.56 bits per heavy atom. The highest BCUT2D eigenvalue weighted by atomic mass is 16.5. The van der Waals surface area contributed by atoms with Gasteiger partial charge in [-0.1, -0.05) is 0 Å². The minimum absolute atomic E-state index is 0.400. The van der Waals surface area contributed by atoms with E-state index < -0.39 is 11.7 Å². The van der Waals surface area contributed by atoms with Crippen LogP contribution in [0.15, 0.2) is 0 Å². The SMILES string of the molecule is COC1CCN(CCC(O)C(C)(C)OC)C(C)C1. The molecule has 0 aromatic heterocycles. The number of methoxy groups -OCH3 is 2. The summed E-state index contributed by atoms with van der Waals surface area (Å²) in [6.45, 7) is 8.07. The van der Waals surface area contributed by atoms with Crippen LogP contribution >= 0.6 is 0 Å². The normalized spacial score (nSPS) is 28.3. The van der Waals surface area contributed by atoms with E-state index in [0.29, 0.717) is 12.1 Å². The lowest BCUT2D eigenvalue weighted by Crippen LogP contribution is -2.46. The topological polar surface area (TPSA) is 41.9 Å². The number of piperidine rings is 1. The van der Waals surface area contributed by atoms with Gasteiger partial charge < -0.3 is 19.5 Å². The van der Waals surface area contributed by atoms with Gasteiger partial charge in [-0.2, -0.15) is 0 Å². The molecule has 4 nitrogen and oxygen atoms in total. The Labute approximate surface area is 111 Å². The molecule has 0 radical (unpaired) electrons. The van der Waals surface area contributed by atoms with Crippen LogP contribution in [0.2, 0.25) is 0 Å². The van der Waals surface area contributed by atoms with E-state index in [2.05, 4.69) is 11.8 Å². The maximum absolute atomic E-state index is 10.1. The number of hydrogen-bond donors (Lipinski definition) is 1. The summed E-state index contributed by atoms with van der Waals surface area (Å²) in [5.74, 6) is 0. The van der Waals surface area contributed by atoms with Gasteiger partial charge in [-0.15, -0.1) is 0 Å². The summed E-state index contributed by atoms with van der Waals surface area (Å²) >= 11 is 0. The molecule has 0 amide bonds. The maximum atomic E-state index is 10.1. The standard InChI is InChI=1S/C14H29NO3/c1-11-10-12(17-4)6-8-15(11)9-7-13(16)14(2,3)18-5/h11-13,16H,6-10H2,1-5H3. The van der Waals surface area contributed by atoms with Crippen LogP contribution in [0.25, 0.3) is 0 Å². The van der Waals surface area contributed by atoms with Crippen LogP contribution in [-0.4, -0.2) is 61.2 Å². The minimum Gasteiger partial charge on any atom is -0.390 e.